The summed E-state index contributed by atoms with van der Waals surface area (Å²) in [5.41, 5.74) is 5.92. The Balaban J connectivity index is 1.34. The molecule has 0 amide bonds. The van der Waals surface area contributed by atoms with Gasteiger partial charge in [0.25, 0.3) is 0 Å². The molecule has 4 aromatic rings. The molecule has 4 heteroatoms. The maximum atomic E-state index is 5.43. The Labute approximate surface area is 145 Å². The highest BCUT2D eigenvalue weighted by molar-refractivity contribution is 5.83. The number of aromatic nitrogens is 2. The van der Waals surface area contributed by atoms with Crippen LogP contribution in [0.1, 0.15) is 17.7 Å². The minimum Gasteiger partial charge on any atom is -0.464 e. The van der Waals surface area contributed by atoms with Crippen molar-refractivity contribution in [2.75, 3.05) is 13.1 Å². The third kappa shape index (κ3) is 2.65. The van der Waals surface area contributed by atoms with Gasteiger partial charge in [0.1, 0.15) is 5.58 Å². The summed E-state index contributed by atoms with van der Waals surface area (Å²) in [5, 5.41) is 10.0. The number of furan rings is 1. The summed E-state index contributed by atoms with van der Waals surface area (Å²) in [6.45, 7) is 2.89. The summed E-state index contributed by atoms with van der Waals surface area (Å²) < 4.78 is 5.43. The van der Waals surface area contributed by atoms with Crippen LogP contribution in [-0.2, 0) is 6.54 Å². The van der Waals surface area contributed by atoms with Crippen LogP contribution in [0.5, 0.6) is 0 Å². The summed E-state index contributed by atoms with van der Waals surface area (Å²) in [7, 11) is 0. The van der Waals surface area contributed by atoms with Crippen molar-refractivity contribution in [2.24, 2.45) is 0 Å². The molecule has 4 nitrogen and oxygen atoms in total. The highest BCUT2D eigenvalue weighted by Gasteiger charge is 2.16. The molecule has 0 aliphatic carbocycles. The van der Waals surface area contributed by atoms with Crippen LogP contribution < -0.4 is 0 Å². The zero-order valence-electron chi connectivity index (χ0n) is 13.9. The van der Waals surface area contributed by atoms with Crippen LogP contribution in [0.2, 0.25) is 0 Å². The monoisotopic (exact) mass is 329 g/mol. The van der Waals surface area contributed by atoms with Gasteiger partial charge in [-0.05, 0) is 41.8 Å². The smallest absolute Gasteiger partial charge is 0.133 e. The summed E-state index contributed by atoms with van der Waals surface area (Å²) in [6.07, 6.45) is 5.16. The maximum Gasteiger partial charge on any atom is 0.133 e. The van der Waals surface area contributed by atoms with Gasteiger partial charge in [-0.25, -0.2) is 0 Å². The van der Waals surface area contributed by atoms with Crippen LogP contribution in [0.3, 0.4) is 0 Å². The van der Waals surface area contributed by atoms with Gasteiger partial charge >= 0.3 is 0 Å². The first kappa shape index (κ1) is 14.5. The van der Waals surface area contributed by atoms with Crippen molar-refractivity contribution in [3.8, 4) is 0 Å². The molecule has 0 atom stereocenters. The molecule has 0 saturated heterocycles. The minimum absolute atomic E-state index is 0.883. The van der Waals surface area contributed by atoms with E-state index in [0.29, 0.717) is 0 Å². The van der Waals surface area contributed by atoms with Gasteiger partial charge in [-0.1, -0.05) is 30.3 Å². The molecule has 5 rings (SSSR count). The van der Waals surface area contributed by atoms with E-state index < -0.39 is 0 Å². The summed E-state index contributed by atoms with van der Waals surface area (Å²) in [6, 6.07) is 16.8. The Hall–Kier alpha value is -2.85. The van der Waals surface area contributed by atoms with Gasteiger partial charge in [-0.15, -0.1) is 0 Å². The van der Waals surface area contributed by atoms with Crippen molar-refractivity contribution in [2.45, 2.75) is 13.0 Å². The first-order valence-corrected chi connectivity index (χ1v) is 8.68. The maximum absolute atomic E-state index is 5.43. The molecule has 2 aromatic heterocycles. The van der Waals surface area contributed by atoms with E-state index in [1.54, 1.807) is 6.26 Å². The number of hydrogen-bond acceptors (Lipinski definition) is 3. The van der Waals surface area contributed by atoms with Crippen molar-refractivity contribution in [3.05, 3.63) is 72.1 Å². The molecule has 0 fully saturated rings. The second-order valence-electron chi connectivity index (χ2n) is 6.60. The zero-order chi connectivity index (χ0) is 16.6. The number of aromatic amines is 1. The lowest BCUT2D eigenvalue weighted by molar-refractivity contribution is 0.291. The first-order chi connectivity index (χ1) is 12.4. The molecule has 1 N–H and O–H groups in total. The molecule has 2 aromatic carbocycles. The fourth-order valence-electron chi connectivity index (χ4n) is 3.64. The number of rotatable bonds is 3. The first-order valence-electron chi connectivity index (χ1n) is 8.68. The molecule has 1 aliphatic heterocycles. The highest BCUT2D eigenvalue weighted by atomic mass is 16.3. The quantitative estimate of drug-likeness (QED) is 0.597. The van der Waals surface area contributed by atoms with E-state index in [1.807, 2.05) is 12.1 Å². The lowest BCUT2D eigenvalue weighted by Gasteiger charge is -2.25. The lowest BCUT2D eigenvalue weighted by atomic mass is 9.98. The van der Waals surface area contributed by atoms with Crippen LogP contribution in [0, 0.1) is 0 Å². The molecule has 3 heterocycles. The fraction of sp³-hybridized carbons (Fsp3) is 0.190. The Morgan fingerprint density at radius 1 is 1.12 bits per heavy atom. The molecule has 0 unspecified atom stereocenters. The van der Waals surface area contributed by atoms with Gasteiger partial charge < -0.3 is 4.42 Å². The van der Waals surface area contributed by atoms with Gasteiger partial charge in [-0.3, -0.25) is 10.00 Å². The number of para-hydroxylation sites is 1. The second-order valence-corrected chi connectivity index (χ2v) is 6.60. The van der Waals surface area contributed by atoms with Crippen LogP contribution in [0.4, 0.5) is 0 Å². The van der Waals surface area contributed by atoms with Crippen molar-refractivity contribution < 1.29 is 4.42 Å². The van der Waals surface area contributed by atoms with E-state index in [4.69, 9.17) is 4.42 Å². The van der Waals surface area contributed by atoms with Gasteiger partial charge in [-0.2, -0.15) is 5.10 Å². The number of benzene rings is 2. The number of nitrogens with zero attached hydrogens (tertiary/aromatic N) is 2. The van der Waals surface area contributed by atoms with Gasteiger partial charge in [0, 0.05) is 30.4 Å². The van der Waals surface area contributed by atoms with Gasteiger partial charge in [0.15, 0.2) is 0 Å². The number of hydrogen-bond donors (Lipinski definition) is 1. The standard InChI is InChI=1S/C21H19N3O/c1-2-4-19-18(3-1)20(23-22-19)14-24-10-7-15(8-11-24)16-5-6-21-17(13-16)9-12-25-21/h1-7,9,12-13H,8,10-11,14H2,(H,22,23). The van der Waals surface area contributed by atoms with E-state index >= 15 is 0 Å². The number of nitrogens with one attached hydrogen (secondary N) is 1. The van der Waals surface area contributed by atoms with Crippen molar-refractivity contribution in [1.29, 1.82) is 0 Å². The normalized spacial score (nSPS) is 15.8. The Morgan fingerprint density at radius 2 is 2.08 bits per heavy atom. The molecular weight excluding hydrogens is 310 g/mol. The SMILES string of the molecule is C1=C(c2ccc3occc3c2)CCN(Cc2n[nH]c3ccccc23)C1. The largest absolute Gasteiger partial charge is 0.464 e. The van der Waals surface area contributed by atoms with Crippen molar-refractivity contribution in [1.82, 2.24) is 15.1 Å². The molecular formula is C21H19N3O. The number of H-pyrrole nitrogens is 1. The summed E-state index contributed by atoms with van der Waals surface area (Å²) in [4.78, 5) is 2.45. The van der Waals surface area contributed by atoms with Gasteiger partial charge in [0.05, 0.1) is 17.5 Å². The molecule has 0 saturated carbocycles. The molecule has 0 spiro atoms. The predicted molar refractivity (Wildman–Crippen MR) is 100 cm³/mol. The van der Waals surface area contributed by atoms with E-state index in [-0.39, 0.29) is 0 Å². The third-order valence-corrected chi connectivity index (χ3v) is 5.04. The number of fused-ring (bicyclic) bond motifs is 2. The summed E-state index contributed by atoms with van der Waals surface area (Å²) >= 11 is 0. The zero-order valence-corrected chi connectivity index (χ0v) is 13.9. The molecule has 0 bridgehead atoms. The lowest BCUT2D eigenvalue weighted by Crippen LogP contribution is -2.28. The predicted octanol–water partition coefficient (Wildman–Crippen LogP) is 4.60. The Bertz CT molecular complexity index is 1070. The average molecular weight is 329 g/mol. The van der Waals surface area contributed by atoms with Crippen LogP contribution >= 0.6 is 0 Å². The van der Waals surface area contributed by atoms with Crippen molar-refractivity contribution in [3.63, 3.8) is 0 Å². The van der Waals surface area contributed by atoms with E-state index in [9.17, 15) is 0 Å². The third-order valence-electron chi connectivity index (χ3n) is 5.04. The molecule has 124 valence electrons. The molecule has 25 heavy (non-hydrogen) atoms. The highest BCUT2D eigenvalue weighted by Crippen LogP contribution is 2.27. The Kier molecular flexibility index (Phi) is 3.42. The van der Waals surface area contributed by atoms with E-state index in [2.05, 4.69) is 57.6 Å². The minimum atomic E-state index is 0.883. The van der Waals surface area contributed by atoms with Gasteiger partial charge in [0.2, 0.25) is 0 Å². The van der Waals surface area contributed by atoms with Crippen LogP contribution in [0.15, 0.2) is 65.3 Å². The topological polar surface area (TPSA) is 45.1 Å². The second kappa shape index (κ2) is 5.90. The molecule has 1 aliphatic rings. The summed E-state index contributed by atoms with van der Waals surface area (Å²) in [5.74, 6) is 0. The Morgan fingerprint density at radius 3 is 3.00 bits per heavy atom. The van der Waals surface area contributed by atoms with E-state index in [0.717, 1.165) is 42.8 Å². The fourth-order valence-corrected chi connectivity index (χ4v) is 3.64. The van der Waals surface area contributed by atoms with Crippen LogP contribution in [-0.4, -0.2) is 28.2 Å². The molecule has 0 radical (unpaired) electrons. The van der Waals surface area contributed by atoms with Crippen molar-refractivity contribution >= 4 is 27.4 Å². The van der Waals surface area contributed by atoms with Crippen LogP contribution in [0.25, 0.3) is 27.4 Å². The average Bonchev–Trinajstić information content (AvgIpc) is 3.29. The van der Waals surface area contributed by atoms with E-state index in [1.165, 1.54) is 21.9 Å².